The van der Waals surface area contributed by atoms with Gasteiger partial charge in [0.2, 0.25) is 0 Å². The second-order valence-corrected chi connectivity index (χ2v) is 11.8. The van der Waals surface area contributed by atoms with Crippen LogP contribution in [-0.2, 0) is 9.22 Å². The van der Waals surface area contributed by atoms with E-state index in [0.29, 0.717) is 6.42 Å². The van der Waals surface area contributed by atoms with E-state index in [0.717, 1.165) is 0 Å². The number of carbonyl (C=O) groups excluding carboxylic acids is 1. The predicted octanol–water partition coefficient (Wildman–Crippen LogP) is 3.93. The third kappa shape index (κ3) is 3.85. The van der Waals surface area contributed by atoms with Crippen LogP contribution in [0.4, 0.5) is 0 Å². The van der Waals surface area contributed by atoms with E-state index in [1.807, 2.05) is 19.1 Å². The average molecular weight is 341 g/mol. The van der Waals surface area contributed by atoms with Crippen LogP contribution in [0.15, 0.2) is 60.7 Å². The third-order valence-corrected chi connectivity index (χ3v) is 9.53. The van der Waals surface area contributed by atoms with E-state index in [1.165, 1.54) is 10.4 Å². The Morgan fingerprint density at radius 3 is 1.71 bits per heavy atom. The van der Waals surface area contributed by atoms with E-state index in [-0.39, 0.29) is 16.9 Å². The largest absolute Gasteiger partial charge is 0.404 e. The lowest BCUT2D eigenvalue weighted by atomic mass is 10.2. The summed E-state index contributed by atoms with van der Waals surface area (Å²) < 4.78 is 6.80. The topological polar surface area (TPSA) is 26.3 Å². The molecule has 0 saturated carbocycles. The molecule has 0 heterocycles. The normalized spacial score (nSPS) is 13.5. The van der Waals surface area contributed by atoms with Gasteiger partial charge in [-0.25, -0.2) is 0 Å². The first-order chi connectivity index (χ1) is 11.3. The summed E-state index contributed by atoms with van der Waals surface area (Å²) in [5.74, 6) is 0.167. The summed E-state index contributed by atoms with van der Waals surface area (Å²) in [4.78, 5) is 11.6. The monoisotopic (exact) mass is 340 g/mol. The standard InChI is InChI=1S/C21H28O2Si/c1-17(22)16-18(2)23-24(21(3,4)5,19-12-8-6-9-13-19)20-14-10-7-11-15-20/h6-15,18H,16H2,1-5H3/t18-/m0/s1. The molecule has 2 nitrogen and oxygen atoms in total. The van der Waals surface area contributed by atoms with Gasteiger partial charge in [-0.3, -0.25) is 4.79 Å². The quantitative estimate of drug-likeness (QED) is 0.745. The van der Waals surface area contributed by atoms with Crippen molar-refractivity contribution >= 4 is 24.5 Å². The molecule has 0 aliphatic carbocycles. The van der Waals surface area contributed by atoms with Crippen molar-refractivity contribution < 1.29 is 9.22 Å². The molecule has 2 rings (SSSR count). The van der Waals surface area contributed by atoms with Crippen molar-refractivity contribution in [2.45, 2.75) is 52.2 Å². The van der Waals surface area contributed by atoms with Crippen molar-refractivity contribution in [3.63, 3.8) is 0 Å². The maximum absolute atomic E-state index is 11.6. The molecule has 0 amide bonds. The molecule has 0 spiro atoms. The van der Waals surface area contributed by atoms with Crippen LogP contribution in [-0.4, -0.2) is 20.2 Å². The summed E-state index contributed by atoms with van der Waals surface area (Å²) in [5.41, 5.74) is 0. The molecule has 1 atom stereocenters. The highest BCUT2D eigenvalue weighted by Gasteiger charge is 2.50. The number of hydrogen-bond acceptors (Lipinski definition) is 2. The molecule has 0 fully saturated rings. The molecule has 2 aromatic carbocycles. The van der Waals surface area contributed by atoms with Crippen LogP contribution in [0, 0.1) is 0 Å². The molecule has 0 unspecified atom stereocenters. The number of carbonyl (C=O) groups is 1. The zero-order valence-electron chi connectivity index (χ0n) is 15.4. The number of benzene rings is 2. The number of Topliss-reactive ketones (excluding diaryl/α,β-unsaturated/α-hetero) is 1. The highest BCUT2D eigenvalue weighted by molar-refractivity contribution is 6.99. The Morgan fingerprint density at radius 2 is 1.38 bits per heavy atom. The van der Waals surface area contributed by atoms with Gasteiger partial charge in [0.05, 0.1) is 0 Å². The molecule has 2 aromatic rings. The molecular formula is C21H28O2Si. The minimum Gasteiger partial charge on any atom is -0.404 e. The van der Waals surface area contributed by atoms with E-state index in [4.69, 9.17) is 4.43 Å². The maximum Gasteiger partial charge on any atom is 0.261 e. The predicted molar refractivity (Wildman–Crippen MR) is 103 cm³/mol. The second kappa shape index (κ2) is 7.45. The Balaban J connectivity index is 2.64. The summed E-state index contributed by atoms with van der Waals surface area (Å²) >= 11 is 0. The molecule has 0 aromatic heterocycles. The smallest absolute Gasteiger partial charge is 0.261 e. The van der Waals surface area contributed by atoms with Crippen LogP contribution in [0.1, 0.15) is 41.0 Å². The van der Waals surface area contributed by atoms with Gasteiger partial charge in [0.15, 0.2) is 0 Å². The van der Waals surface area contributed by atoms with Crippen LogP contribution in [0.2, 0.25) is 5.04 Å². The van der Waals surface area contributed by atoms with Gasteiger partial charge >= 0.3 is 0 Å². The molecule has 0 bridgehead atoms. The van der Waals surface area contributed by atoms with Crippen molar-refractivity contribution in [2.75, 3.05) is 0 Å². The Hall–Kier alpha value is -1.71. The SMILES string of the molecule is CC(=O)C[C@H](C)O[Si](c1ccccc1)(c1ccccc1)C(C)(C)C. The van der Waals surface area contributed by atoms with Crippen molar-refractivity contribution in [1.82, 2.24) is 0 Å². The summed E-state index contributed by atoms with van der Waals surface area (Å²) in [6.07, 6.45) is 0.346. The second-order valence-electron chi connectivity index (χ2n) is 7.50. The lowest BCUT2D eigenvalue weighted by molar-refractivity contribution is -0.118. The van der Waals surface area contributed by atoms with Crippen molar-refractivity contribution in [1.29, 1.82) is 0 Å². The molecule has 0 N–H and O–H groups in total. The zero-order valence-corrected chi connectivity index (χ0v) is 16.4. The molecule has 0 aliphatic rings. The summed E-state index contributed by atoms with van der Waals surface area (Å²) in [5, 5.41) is 2.44. The van der Waals surface area contributed by atoms with Gasteiger partial charge < -0.3 is 4.43 Å². The summed E-state index contributed by atoms with van der Waals surface area (Å²) in [6, 6.07) is 21.1. The van der Waals surface area contributed by atoms with Crippen LogP contribution in [0.25, 0.3) is 0 Å². The maximum atomic E-state index is 11.6. The van der Waals surface area contributed by atoms with Gasteiger partial charge in [-0.2, -0.15) is 0 Å². The first-order valence-electron chi connectivity index (χ1n) is 8.55. The van der Waals surface area contributed by atoms with Crippen molar-refractivity contribution in [3.05, 3.63) is 60.7 Å². The van der Waals surface area contributed by atoms with Gasteiger partial charge in [0.25, 0.3) is 8.32 Å². The van der Waals surface area contributed by atoms with Gasteiger partial charge in [-0.1, -0.05) is 81.4 Å². The first-order valence-corrected chi connectivity index (χ1v) is 10.5. The molecule has 0 aliphatic heterocycles. The highest BCUT2D eigenvalue weighted by atomic mass is 28.4. The number of ketones is 1. The minimum atomic E-state index is -2.53. The van der Waals surface area contributed by atoms with Crippen LogP contribution >= 0.6 is 0 Å². The fraction of sp³-hybridized carbons (Fsp3) is 0.381. The van der Waals surface area contributed by atoms with Crippen molar-refractivity contribution in [2.24, 2.45) is 0 Å². The first kappa shape index (κ1) is 18.6. The van der Waals surface area contributed by atoms with Crippen LogP contribution in [0.5, 0.6) is 0 Å². The summed E-state index contributed by atoms with van der Waals surface area (Å²) in [7, 11) is -2.53. The van der Waals surface area contributed by atoms with E-state index in [2.05, 4.69) is 69.3 Å². The number of hydrogen-bond donors (Lipinski definition) is 0. The molecule has 128 valence electrons. The highest BCUT2D eigenvalue weighted by Crippen LogP contribution is 2.37. The van der Waals surface area contributed by atoms with E-state index >= 15 is 0 Å². The van der Waals surface area contributed by atoms with Gasteiger partial charge in [-0.15, -0.1) is 0 Å². The molecule has 24 heavy (non-hydrogen) atoms. The molecule has 3 heteroatoms. The fourth-order valence-corrected chi connectivity index (χ4v) is 8.14. The third-order valence-electron chi connectivity index (χ3n) is 4.37. The average Bonchev–Trinajstić information content (AvgIpc) is 2.52. The van der Waals surface area contributed by atoms with Crippen LogP contribution in [0.3, 0.4) is 0 Å². The summed E-state index contributed by atoms with van der Waals surface area (Å²) in [6.45, 7) is 10.4. The Bertz CT molecular complexity index is 620. The van der Waals surface area contributed by atoms with E-state index < -0.39 is 8.32 Å². The minimum absolute atomic E-state index is 0.0548. The molecule has 0 radical (unpaired) electrons. The fourth-order valence-electron chi connectivity index (χ4n) is 3.44. The molecule has 0 saturated heterocycles. The lowest BCUT2D eigenvalue weighted by Crippen LogP contribution is -2.67. The Labute approximate surface area is 147 Å². The number of rotatable bonds is 6. The zero-order chi connectivity index (χ0) is 17.8. The van der Waals surface area contributed by atoms with Crippen molar-refractivity contribution in [3.8, 4) is 0 Å². The lowest BCUT2D eigenvalue weighted by Gasteiger charge is -2.44. The van der Waals surface area contributed by atoms with Crippen LogP contribution < -0.4 is 10.4 Å². The Kier molecular flexibility index (Phi) is 5.78. The van der Waals surface area contributed by atoms with Gasteiger partial charge in [0.1, 0.15) is 5.78 Å². The van der Waals surface area contributed by atoms with Gasteiger partial charge in [-0.05, 0) is 29.3 Å². The van der Waals surface area contributed by atoms with E-state index in [9.17, 15) is 4.79 Å². The van der Waals surface area contributed by atoms with Gasteiger partial charge in [0, 0.05) is 12.5 Å². The molecular weight excluding hydrogens is 312 g/mol. The Morgan fingerprint density at radius 1 is 0.958 bits per heavy atom. The van der Waals surface area contributed by atoms with E-state index in [1.54, 1.807) is 6.92 Å².